The summed E-state index contributed by atoms with van der Waals surface area (Å²) in [5.74, 6) is -1.41. The van der Waals surface area contributed by atoms with Crippen LogP contribution in [0.3, 0.4) is 0 Å². The van der Waals surface area contributed by atoms with Crippen LogP contribution in [-0.4, -0.2) is 23.5 Å². The van der Waals surface area contributed by atoms with Gasteiger partial charge in [0.2, 0.25) is 0 Å². The van der Waals surface area contributed by atoms with Crippen molar-refractivity contribution in [1.82, 2.24) is 5.32 Å². The average molecular weight is 263 g/mol. The summed E-state index contributed by atoms with van der Waals surface area (Å²) in [6, 6.07) is 3.95. The second-order valence-electron chi connectivity index (χ2n) is 5.06. The van der Waals surface area contributed by atoms with E-state index in [-0.39, 0.29) is 5.91 Å². The Labute approximate surface area is 113 Å². The Kier molecular flexibility index (Phi) is 5.10. The molecule has 0 saturated carbocycles. The van der Waals surface area contributed by atoms with Crippen LogP contribution in [0.25, 0.3) is 0 Å². The Morgan fingerprint density at radius 1 is 1.21 bits per heavy atom. The Hall–Kier alpha value is -1.84. The van der Waals surface area contributed by atoms with Crippen LogP contribution in [0.15, 0.2) is 12.1 Å². The van der Waals surface area contributed by atoms with Gasteiger partial charge in [0.15, 0.2) is 0 Å². The van der Waals surface area contributed by atoms with E-state index in [0.717, 1.165) is 16.7 Å². The van der Waals surface area contributed by atoms with Crippen molar-refractivity contribution in [2.24, 2.45) is 5.92 Å². The molecule has 0 aliphatic rings. The second-order valence-corrected chi connectivity index (χ2v) is 5.06. The Bertz CT molecular complexity index is 471. The molecular weight excluding hydrogens is 242 g/mol. The molecule has 19 heavy (non-hydrogen) atoms. The van der Waals surface area contributed by atoms with Crippen molar-refractivity contribution >= 4 is 11.9 Å². The molecule has 1 aromatic rings. The maximum atomic E-state index is 12.1. The second kappa shape index (κ2) is 6.36. The summed E-state index contributed by atoms with van der Waals surface area (Å²) in [5, 5.41) is 11.6. The summed E-state index contributed by atoms with van der Waals surface area (Å²) >= 11 is 0. The molecule has 1 amide bonds. The fraction of sp³-hybridized carbons (Fsp3) is 0.467. The summed E-state index contributed by atoms with van der Waals surface area (Å²) in [7, 11) is 0. The van der Waals surface area contributed by atoms with E-state index in [2.05, 4.69) is 5.32 Å². The van der Waals surface area contributed by atoms with Crippen molar-refractivity contribution < 1.29 is 14.7 Å². The first-order chi connectivity index (χ1) is 8.82. The normalized spacial score (nSPS) is 12.0. The molecule has 1 rings (SSSR count). The van der Waals surface area contributed by atoms with Gasteiger partial charge in [0, 0.05) is 12.1 Å². The minimum atomic E-state index is -0.836. The molecule has 2 N–H and O–H groups in total. The van der Waals surface area contributed by atoms with Gasteiger partial charge in [-0.25, -0.2) is 0 Å². The maximum Gasteiger partial charge on any atom is 0.306 e. The third-order valence-electron chi connectivity index (χ3n) is 3.19. The standard InChI is InChI=1S/C15H21NO3/c1-9-7-11(3)13(12(4)8-9)14(17)16-6-5-10(2)15(18)19/h7-8,10H,5-6H2,1-4H3,(H,16,17)(H,18,19). The Morgan fingerprint density at radius 3 is 2.21 bits per heavy atom. The van der Waals surface area contributed by atoms with Gasteiger partial charge in [0.1, 0.15) is 0 Å². The van der Waals surface area contributed by atoms with Crippen LogP contribution in [0.2, 0.25) is 0 Å². The van der Waals surface area contributed by atoms with Crippen molar-refractivity contribution in [3.05, 3.63) is 34.4 Å². The molecule has 0 radical (unpaired) electrons. The van der Waals surface area contributed by atoms with Gasteiger partial charge in [0.25, 0.3) is 5.91 Å². The van der Waals surface area contributed by atoms with Crippen LogP contribution < -0.4 is 5.32 Å². The van der Waals surface area contributed by atoms with Gasteiger partial charge in [-0.3, -0.25) is 9.59 Å². The van der Waals surface area contributed by atoms with E-state index in [9.17, 15) is 9.59 Å². The van der Waals surface area contributed by atoms with E-state index < -0.39 is 11.9 Å². The van der Waals surface area contributed by atoms with Crippen LogP contribution in [0.4, 0.5) is 0 Å². The third kappa shape index (κ3) is 4.09. The summed E-state index contributed by atoms with van der Waals surface area (Å²) in [6.45, 7) is 7.83. The zero-order chi connectivity index (χ0) is 14.6. The van der Waals surface area contributed by atoms with Gasteiger partial charge >= 0.3 is 5.97 Å². The average Bonchev–Trinajstić information content (AvgIpc) is 2.26. The molecule has 104 valence electrons. The number of benzene rings is 1. The van der Waals surface area contributed by atoms with Crippen LogP contribution in [0, 0.1) is 26.7 Å². The van der Waals surface area contributed by atoms with Gasteiger partial charge in [0.05, 0.1) is 5.92 Å². The number of carboxylic acid groups (broad SMARTS) is 1. The van der Waals surface area contributed by atoms with Gasteiger partial charge in [-0.2, -0.15) is 0 Å². The van der Waals surface area contributed by atoms with E-state index >= 15 is 0 Å². The Morgan fingerprint density at radius 2 is 1.74 bits per heavy atom. The summed E-state index contributed by atoms with van der Waals surface area (Å²) in [5.41, 5.74) is 3.71. The minimum Gasteiger partial charge on any atom is -0.481 e. The van der Waals surface area contributed by atoms with E-state index in [1.807, 2.05) is 32.9 Å². The molecule has 1 unspecified atom stereocenters. The third-order valence-corrected chi connectivity index (χ3v) is 3.19. The lowest BCUT2D eigenvalue weighted by Crippen LogP contribution is -2.28. The van der Waals surface area contributed by atoms with Gasteiger partial charge < -0.3 is 10.4 Å². The molecule has 4 nitrogen and oxygen atoms in total. The van der Waals surface area contributed by atoms with E-state index in [4.69, 9.17) is 5.11 Å². The zero-order valence-corrected chi connectivity index (χ0v) is 11.9. The molecule has 1 aromatic carbocycles. The van der Waals surface area contributed by atoms with E-state index in [1.165, 1.54) is 0 Å². The predicted octanol–water partition coefficient (Wildman–Crippen LogP) is 2.45. The largest absolute Gasteiger partial charge is 0.481 e. The molecule has 0 spiro atoms. The molecule has 0 aliphatic heterocycles. The molecule has 0 fully saturated rings. The van der Waals surface area contributed by atoms with Crippen LogP contribution >= 0.6 is 0 Å². The first-order valence-electron chi connectivity index (χ1n) is 6.41. The fourth-order valence-electron chi connectivity index (χ4n) is 2.15. The SMILES string of the molecule is Cc1cc(C)c(C(=O)NCCC(C)C(=O)O)c(C)c1. The number of carboxylic acids is 1. The molecule has 0 aromatic heterocycles. The number of hydrogen-bond donors (Lipinski definition) is 2. The van der Waals surface area contributed by atoms with Crippen LogP contribution in [-0.2, 0) is 4.79 Å². The first kappa shape index (κ1) is 15.2. The van der Waals surface area contributed by atoms with E-state index in [1.54, 1.807) is 6.92 Å². The molecule has 4 heteroatoms. The zero-order valence-electron chi connectivity index (χ0n) is 11.9. The lowest BCUT2D eigenvalue weighted by Gasteiger charge is -2.12. The lowest BCUT2D eigenvalue weighted by atomic mass is 9.99. The lowest BCUT2D eigenvalue weighted by molar-refractivity contribution is -0.141. The number of nitrogens with one attached hydrogen (secondary N) is 1. The number of carbonyl (C=O) groups is 2. The number of rotatable bonds is 5. The molecular formula is C15H21NO3. The highest BCUT2D eigenvalue weighted by atomic mass is 16.4. The maximum absolute atomic E-state index is 12.1. The smallest absolute Gasteiger partial charge is 0.306 e. The minimum absolute atomic E-state index is 0.132. The highest BCUT2D eigenvalue weighted by Crippen LogP contribution is 2.16. The van der Waals surface area contributed by atoms with Gasteiger partial charge in [-0.1, -0.05) is 24.6 Å². The predicted molar refractivity (Wildman–Crippen MR) is 74.4 cm³/mol. The van der Waals surface area contributed by atoms with Crippen molar-refractivity contribution in [2.75, 3.05) is 6.54 Å². The van der Waals surface area contributed by atoms with Gasteiger partial charge in [-0.05, 0) is 38.3 Å². The Balaban J connectivity index is 2.67. The topological polar surface area (TPSA) is 66.4 Å². The summed E-state index contributed by atoms with van der Waals surface area (Å²) in [6.07, 6.45) is 0.436. The number of aliphatic carboxylic acids is 1. The number of hydrogen-bond acceptors (Lipinski definition) is 2. The molecule has 0 bridgehead atoms. The first-order valence-corrected chi connectivity index (χ1v) is 6.41. The van der Waals surface area contributed by atoms with Crippen molar-refractivity contribution in [1.29, 1.82) is 0 Å². The van der Waals surface area contributed by atoms with Crippen molar-refractivity contribution in [3.63, 3.8) is 0 Å². The van der Waals surface area contributed by atoms with Crippen LogP contribution in [0.1, 0.15) is 40.4 Å². The molecule has 0 heterocycles. The molecule has 1 atom stereocenters. The monoisotopic (exact) mass is 263 g/mol. The highest BCUT2D eigenvalue weighted by molar-refractivity contribution is 5.97. The van der Waals surface area contributed by atoms with Crippen molar-refractivity contribution in [2.45, 2.75) is 34.1 Å². The van der Waals surface area contributed by atoms with Crippen LogP contribution in [0.5, 0.6) is 0 Å². The number of carbonyl (C=O) groups excluding carboxylic acids is 1. The quantitative estimate of drug-likeness (QED) is 0.857. The summed E-state index contributed by atoms with van der Waals surface area (Å²) < 4.78 is 0. The summed E-state index contributed by atoms with van der Waals surface area (Å²) in [4.78, 5) is 22.8. The van der Waals surface area contributed by atoms with E-state index in [0.29, 0.717) is 18.5 Å². The molecule has 0 saturated heterocycles. The number of aryl methyl sites for hydroxylation is 3. The molecule has 0 aliphatic carbocycles. The fourth-order valence-corrected chi connectivity index (χ4v) is 2.15. The van der Waals surface area contributed by atoms with Crippen molar-refractivity contribution in [3.8, 4) is 0 Å². The highest BCUT2D eigenvalue weighted by Gasteiger charge is 2.14. The number of amides is 1. The van der Waals surface area contributed by atoms with Gasteiger partial charge in [-0.15, -0.1) is 0 Å².